The van der Waals surface area contributed by atoms with Crippen LogP contribution in [0.4, 0.5) is 16.2 Å². The molecule has 0 saturated heterocycles. The highest BCUT2D eigenvalue weighted by molar-refractivity contribution is 6.06. The highest BCUT2D eigenvalue weighted by atomic mass is 16.5. The number of para-hydroxylation sites is 1. The molecule has 0 aliphatic rings. The number of ether oxygens (including phenoxy) is 1. The Morgan fingerprint density at radius 3 is 2.39 bits per heavy atom. The zero-order valence-electron chi connectivity index (χ0n) is 17.5. The Labute approximate surface area is 179 Å². The number of nitrogens with one attached hydrogen (secondary N) is 1. The second kappa shape index (κ2) is 8.31. The van der Waals surface area contributed by atoms with Crippen LogP contribution < -0.4 is 10.2 Å². The zero-order valence-corrected chi connectivity index (χ0v) is 17.5. The van der Waals surface area contributed by atoms with Crippen LogP contribution in [0.1, 0.15) is 16.2 Å². The number of nitrogens with zero attached hydrogens (tertiary/aromatic N) is 3. The third-order valence-electron chi connectivity index (χ3n) is 5.06. The molecule has 0 aliphatic carbocycles. The molecular formula is C24H22N4O3. The summed E-state index contributed by atoms with van der Waals surface area (Å²) in [7, 11) is 2.94. The van der Waals surface area contributed by atoms with Crippen LogP contribution in [-0.4, -0.2) is 35.7 Å². The first-order valence-electron chi connectivity index (χ1n) is 9.75. The van der Waals surface area contributed by atoms with E-state index in [1.165, 1.54) is 12.0 Å². The fourth-order valence-corrected chi connectivity index (χ4v) is 3.46. The van der Waals surface area contributed by atoms with E-state index in [1.807, 2.05) is 43.3 Å². The van der Waals surface area contributed by atoms with Gasteiger partial charge in [-0.25, -0.2) is 9.78 Å². The van der Waals surface area contributed by atoms with Crippen LogP contribution in [0.2, 0.25) is 0 Å². The van der Waals surface area contributed by atoms with E-state index in [0.717, 1.165) is 22.5 Å². The third kappa shape index (κ3) is 3.98. The molecule has 0 atom stereocenters. The summed E-state index contributed by atoms with van der Waals surface area (Å²) >= 11 is 0. The summed E-state index contributed by atoms with van der Waals surface area (Å²) < 4.78 is 6.77. The van der Waals surface area contributed by atoms with Crippen LogP contribution in [0.15, 0.2) is 72.8 Å². The number of anilines is 2. The number of amides is 2. The van der Waals surface area contributed by atoms with Gasteiger partial charge in [0.25, 0.3) is 5.91 Å². The van der Waals surface area contributed by atoms with Crippen molar-refractivity contribution in [3.8, 4) is 5.69 Å². The number of methoxy groups -OCH3 is 1. The number of hydrogen-bond acceptors (Lipinski definition) is 4. The number of carbonyl (C=O) groups is 2. The lowest BCUT2D eigenvalue weighted by molar-refractivity contribution is 0.102. The Hall–Kier alpha value is -4.13. The van der Waals surface area contributed by atoms with E-state index in [1.54, 1.807) is 43.4 Å². The predicted octanol–water partition coefficient (Wildman–Crippen LogP) is 4.79. The van der Waals surface area contributed by atoms with Crippen molar-refractivity contribution in [2.24, 2.45) is 0 Å². The van der Waals surface area contributed by atoms with Crippen molar-refractivity contribution < 1.29 is 14.3 Å². The molecule has 1 N–H and O–H groups in total. The van der Waals surface area contributed by atoms with E-state index in [-0.39, 0.29) is 5.91 Å². The molecule has 7 nitrogen and oxygen atoms in total. The minimum absolute atomic E-state index is 0.233. The van der Waals surface area contributed by atoms with Gasteiger partial charge in [0.1, 0.15) is 5.82 Å². The average Bonchev–Trinajstić information content (AvgIpc) is 3.13. The first kappa shape index (κ1) is 20.2. The van der Waals surface area contributed by atoms with Gasteiger partial charge in [0.05, 0.1) is 18.1 Å². The van der Waals surface area contributed by atoms with Crippen LogP contribution in [0, 0.1) is 6.92 Å². The molecule has 0 radical (unpaired) electrons. The molecule has 7 heteroatoms. The molecular weight excluding hydrogens is 392 g/mol. The van der Waals surface area contributed by atoms with Gasteiger partial charge < -0.3 is 10.1 Å². The second-order valence-corrected chi connectivity index (χ2v) is 7.06. The number of fused-ring (bicyclic) bond motifs is 1. The lowest BCUT2D eigenvalue weighted by Crippen LogP contribution is -2.25. The van der Waals surface area contributed by atoms with Crippen LogP contribution >= 0.6 is 0 Å². The number of imidazole rings is 1. The van der Waals surface area contributed by atoms with Crippen molar-refractivity contribution >= 4 is 34.4 Å². The Kier molecular flexibility index (Phi) is 5.41. The minimum Gasteiger partial charge on any atom is -0.452 e. The molecule has 1 heterocycles. The van der Waals surface area contributed by atoms with E-state index >= 15 is 0 Å². The van der Waals surface area contributed by atoms with Gasteiger partial charge in [-0.2, -0.15) is 0 Å². The predicted molar refractivity (Wildman–Crippen MR) is 121 cm³/mol. The summed E-state index contributed by atoms with van der Waals surface area (Å²) in [6.45, 7) is 1.94. The minimum atomic E-state index is -0.463. The maximum absolute atomic E-state index is 12.8. The van der Waals surface area contributed by atoms with Gasteiger partial charge in [-0.1, -0.05) is 18.2 Å². The third-order valence-corrected chi connectivity index (χ3v) is 5.06. The average molecular weight is 414 g/mol. The van der Waals surface area contributed by atoms with Gasteiger partial charge in [-0.05, 0) is 61.5 Å². The molecule has 0 bridgehead atoms. The first-order chi connectivity index (χ1) is 15.0. The van der Waals surface area contributed by atoms with Crippen molar-refractivity contribution in [1.29, 1.82) is 0 Å². The van der Waals surface area contributed by atoms with Gasteiger partial charge in [0.2, 0.25) is 0 Å². The van der Waals surface area contributed by atoms with Crippen molar-refractivity contribution in [1.82, 2.24) is 9.55 Å². The fraction of sp³-hybridized carbons (Fsp3) is 0.125. The zero-order chi connectivity index (χ0) is 22.0. The number of carbonyl (C=O) groups excluding carboxylic acids is 2. The quantitative estimate of drug-likeness (QED) is 0.521. The van der Waals surface area contributed by atoms with Crippen molar-refractivity contribution in [3.05, 3.63) is 84.2 Å². The molecule has 2 amide bonds. The van der Waals surface area contributed by atoms with Crippen LogP contribution in [0.3, 0.4) is 0 Å². The number of benzene rings is 3. The second-order valence-electron chi connectivity index (χ2n) is 7.06. The van der Waals surface area contributed by atoms with Crippen LogP contribution in [0.5, 0.6) is 0 Å². The molecule has 0 aliphatic heterocycles. The SMILES string of the molecule is COC(=O)N(C)c1ccc(NC(=O)c2ccc3c(c2)nc(C)n3-c2ccccc2)cc1. The summed E-state index contributed by atoms with van der Waals surface area (Å²) in [4.78, 5) is 30.4. The Morgan fingerprint density at radius 2 is 1.71 bits per heavy atom. The standard InChI is InChI=1S/C24H22N4O3/c1-16-25-21-15-17(9-14-22(21)28(16)20-7-5-4-6-8-20)23(29)26-18-10-12-19(13-11-18)27(2)24(30)31-3/h4-15H,1-3H3,(H,26,29). The van der Waals surface area contributed by atoms with Gasteiger partial charge >= 0.3 is 6.09 Å². The Morgan fingerprint density at radius 1 is 1.00 bits per heavy atom. The fourth-order valence-electron chi connectivity index (χ4n) is 3.46. The van der Waals surface area contributed by atoms with E-state index in [0.29, 0.717) is 16.9 Å². The summed E-state index contributed by atoms with van der Waals surface area (Å²) in [5.74, 6) is 0.618. The van der Waals surface area contributed by atoms with Gasteiger partial charge in [-0.3, -0.25) is 14.3 Å². The van der Waals surface area contributed by atoms with E-state index in [9.17, 15) is 9.59 Å². The molecule has 0 fully saturated rings. The van der Waals surface area contributed by atoms with Crippen molar-refractivity contribution in [3.63, 3.8) is 0 Å². The molecule has 4 aromatic rings. The molecule has 4 rings (SSSR count). The topological polar surface area (TPSA) is 76.5 Å². The van der Waals surface area contributed by atoms with Gasteiger partial charge in [0.15, 0.2) is 0 Å². The summed E-state index contributed by atoms with van der Waals surface area (Å²) in [5, 5.41) is 2.88. The molecule has 156 valence electrons. The molecule has 0 unspecified atom stereocenters. The molecule has 0 spiro atoms. The van der Waals surface area contributed by atoms with Crippen LogP contribution in [-0.2, 0) is 4.74 Å². The molecule has 1 aromatic heterocycles. The summed E-state index contributed by atoms with van der Waals surface area (Å²) in [6.07, 6.45) is -0.463. The smallest absolute Gasteiger partial charge is 0.413 e. The number of aryl methyl sites for hydroxylation is 1. The monoisotopic (exact) mass is 414 g/mol. The van der Waals surface area contributed by atoms with E-state index in [2.05, 4.69) is 14.9 Å². The number of rotatable bonds is 4. The van der Waals surface area contributed by atoms with E-state index in [4.69, 9.17) is 4.74 Å². The normalized spacial score (nSPS) is 10.7. The van der Waals surface area contributed by atoms with Crippen molar-refractivity contribution in [2.75, 3.05) is 24.4 Å². The van der Waals surface area contributed by atoms with Gasteiger partial charge in [-0.15, -0.1) is 0 Å². The lowest BCUT2D eigenvalue weighted by atomic mass is 10.1. The largest absolute Gasteiger partial charge is 0.452 e. The van der Waals surface area contributed by atoms with E-state index < -0.39 is 6.09 Å². The molecule has 0 saturated carbocycles. The summed E-state index contributed by atoms with van der Waals surface area (Å²) in [6, 6.07) is 22.4. The maximum atomic E-state index is 12.8. The highest BCUT2D eigenvalue weighted by Crippen LogP contribution is 2.23. The Bertz CT molecular complexity index is 1250. The number of aromatic nitrogens is 2. The van der Waals surface area contributed by atoms with Crippen molar-refractivity contribution in [2.45, 2.75) is 6.92 Å². The maximum Gasteiger partial charge on any atom is 0.413 e. The Balaban J connectivity index is 1.55. The first-order valence-corrected chi connectivity index (χ1v) is 9.75. The highest BCUT2D eigenvalue weighted by Gasteiger charge is 2.14. The summed E-state index contributed by atoms with van der Waals surface area (Å²) in [5.41, 5.74) is 4.52. The molecule has 31 heavy (non-hydrogen) atoms. The number of hydrogen-bond donors (Lipinski definition) is 1. The lowest BCUT2D eigenvalue weighted by Gasteiger charge is -2.16. The van der Waals surface area contributed by atoms with Gasteiger partial charge in [0, 0.05) is 29.7 Å². The molecule has 3 aromatic carbocycles. The van der Waals surface area contributed by atoms with Crippen LogP contribution in [0.25, 0.3) is 16.7 Å².